The Bertz CT molecular complexity index is 332. The van der Waals surface area contributed by atoms with E-state index < -0.39 is 5.82 Å². The summed E-state index contributed by atoms with van der Waals surface area (Å²) in [5.74, 6) is -0.424. The van der Waals surface area contributed by atoms with E-state index in [9.17, 15) is 4.39 Å². The van der Waals surface area contributed by atoms with Crippen LogP contribution >= 0.6 is 35.2 Å². The molecule has 0 saturated heterocycles. The normalized spacial score (nSPS) is 9.27. The summed E-state index contributed by atoms with van der Waals surface area (Å²) in [6.07, 6.45) is 0. The van der Waals surface area contributed by atoms with E-state index in [4.69, 9.17) is 5.26 Å². The second-order valence-electron chi connectivity index (χ2n) is 1.90. The van der Waals surface area contributed by atoms with Crippen LogP contribution in [0.3, 0.4) is 0 Å². The van der Waals surface area contributed by atoms with Gasteiger partial charge in [0.2, 0.25) is 0 Å². The van der Waals surface area contributed by atoms with E-state index in [1.807, 2.05) is 28.7 Å². The van der Waals surface area contributed by atoms with Crippen LogP contribution in [-0.4, -0.2) is 0 Å². The third-order valence-electron chi connectivity index (χ3n) is 1.14. The fourth-order valence-corrected chi connectivity index (χ4v) is 1.33. The number of hydrogen-bond donors (Lipinski definition) is 1. The van der Waals surface area contributed by atoms with Gasteiger partial charge in [0.1, 0.15) is 11.9 Å². The highest BCUT2D eigenvalue weighted by atomic mass is 127. The third-order valence-corrected chi connectivity index (χ3v) is 3.08. The minimum atomic E-state index is -0.424. The molecule has 1 aromatic rings. The van der Waals surface area contributed by atoms with Gasteiger partial charge in [-0.05, 0) is 34.7 Å². The highest BCUT2D eigenvalue weighted by Gasteiger charge is 2.04. The molecule has 0 aromatic heterocycles. The third kappa shape index (κ3) is 1.84. The van der Waals surface area contributed by atoms with Gasteiger partial charge in [-0.2, -0.15) is 5.26 Å². The van der Waals surface area contributed by atoms with Crippen molar-refractivity contribution in [3.05, 3.63) is 27.1 Å². The molecule has 0 amide bonds. The predicted octanol–water partition coefficient (Wildman–Crippen LogP) is 2.59. The highest BCUT2D eigenvalue weighted by molar-refractivity contribution is 14.1. The summed E-state index contributed by atoms with van der Waals surface area (Å²) < 4.78 is 13.3. The maximum absolute atomic E-state index is 12.6. The molecule has 0 unspecified atom stereocenters. The summed E-state index contributed by atoms with van der Waals surface area (Å²) in [6, 6.07) is 4.36. The molecule has 0 aliphatic carbocycles. The lowest BCUT2D eigenvalue weighted by atomic mass is 10.2. The number of rotatable bonds is 0. The Morgan fingerprint density at radius 2 is 2.18 bits per heavy atom. The van der Waals surface area contributed by atoms with E-state index in [1.165, 1.54) is 12.1 Å². The maximum atomic E-state index is 12.6. The summed E-state index contributed by atoms with van der Waals surface area (Å²) in [7, 11) is 0. The first-order chi connectivity index (χ1) is 5.15. The molecule has 56 valence electrons. The van der Waals surface area contributed by atoms with E-state index in [1.54, 1.807) is 0 Å². The van der Waals surface area contributed by atoms with Crippen molar-refractivity contribution in [2.24, 2.45) is 0 Å². The minimum absolute atomic E-state index is 0.329. The number of nitriles is 1. The van der Waals surface area contributed by atoms with E-state index in [0.717, 1.165) is 0 Å². The predicted molar refractivity (Wildman–Crippen MR) is 51.1 cm³/mol. The molecule has 0 aliphatic rings. The van der Waals surface area contributed by atoms with Gasteiger partial charge < -0.3 is 0 Å². The van der Waals surface area contributed by atoms with E-state index >= 15 is 0 Å². The monoisotopic (exact) mass is 279 g/mol. The number of hydrogen-bond acceptors (Lipinski definition) is 2. The van der Waals surface area contributed by atoms with Crippen LogP contribution in [0.15, 0.2) is 17.0 Å². The zero-order valence-electron chi connectivity index (χ0n) is 5.31. The first-order valence-corrected chi connectivity index (χ1v) is 4.26. The standard InChI is InChI=1S/C7H3FINS/c8-5-1-4(3-10)7(9)6(11)2-5/h1-2,11H. The van der Waals surface area contributed by atoms with Gasteiger partial charge in [0.15, 0.2) is 0 Å². The van der Waals surface area contributed by atoms with Gasteiger partial charge in [-0.25, -0.2) is 4.39 Å². The van der Waals surface area contributed by atoms with Crippen LogP contribution in [0.4, 0.5) is 4.39 Å². The number of halogens is 2. The Morgan fingerprint density at radius 1 is 1.55 bits per heavy atom. The molecule has 0 saturated carbocycles. The van der Waals surface area contributed by atoms with E-state index in [0.29, 0.717) is 14.0 Å². The van der Waals surface area contributed by atoms with Gasteiger partial charge in [-0.15, -0.1) is 12.6 Å². The topological polar surface area (TPSA) is 23.8 Å². The Labute approximate surface area is 82.8 Å². The fourth-order valence-electron chi connectivity index (χ4n) is 0.656. The lowest BCUT2D eigenvalue weighted by Crippen LogP contribution is -1.86. The van der Waals surface area contributed by atoms with Crippen molar-refractivity contribution in [3.8, 4) is 6.07 Å². The zero-order valence-corrected chi connectivity index (χ0v) is 8.36. The quantitative estimate of drug-likeness (QED) is 0.572. The van der Waals surface area contributed by atoms with Crippen molar-refractivity contribution in [1.82, 2.24) is 0 Å². The molecule has 0 spiro atoms. The number of benzene rings is 1. The lowest BCUT2D eigenvalue weighted by molar-refractivity contribution is 0.623. The van der Waals surface area contributed by atoms with Crippen molar-refractivity contribution >= 4 is 35.2 Å². The van der Waals surface area contributed by atoms with Gasteiger partial charge in [0, 0.05) is 8.47 Å². The van der Waals surface area contributed by atoms with Gasteiger partial charge in [0.05, 0.1) is 5.56 Å². The summed E-state index contributed by atoms with van der Waals surface area (Å²) in [5.41, 5.74) is 0.329. The lowest BCUT2D eigenvalue weighted by Gasteiger charge is -1.98. The second-order valence-corrected chi connectivity index (χ2v) is 3.46. The molecule has 0 aliphatic heterocycles. The van der Waals surface area contributed by atoms with Crippen LogP contribution in [0, 0.1) is 20.7 Å². The highest BCUT2D eigenvalue weighted by Crippen LogP contribution is 2.21. The first-order valence-electron chi connectivity index (χ1n) is 2.73. The molecule has 11 heavy (non-hydrogen) atoms. The largest absolute Gasteiger partial charge is 0.207 e. The van der Waals surface area contributed by atoms with Crippen LogP contribution in [-0.2, 0) is 0 Å². The van der Waals surface area contributed by atoms with Gasteiger partial charge in [-0.3, -0.25) is 0 Å². The van der Waals surface area contributed by atoms with Gasteiger partial charge >= 0.3 is 0 Å². The molecule has 0 fully saturated rings. The van der Waals surface area contributed by atoms with Gasteiger partial charge in [0.25, 0.3) is 0 Å². The van der Waals surface area contributed by atoms with Crippen molar-refractivity contribution in [2.45, 2.75) is 4.90 Å². The van der Waals surface area contributed by atoms with Crippen molar-refractivity contribution in [3.63, 3.8) is 0 Å². The molecule has 0 heterocycles. The van der Waals surface area contributed by atoms with E-state index in [-0.39, 0.29) is 0 Å². The second kappa shape index (κ2) is 3.41. The van der Waals surface area contributed by atoms with Crippen molar-refractivity contribution in [2.75, 3.05) is 0 Å². The summed E-state index contributed by atoms with van der Waals surface area (Å²) in [5, 5.41) is 8.51. The Kier molecular flexibility index (Phi) is 2.73. The molecular weight excluding hydrogens is 276 g/mol. The maximum Gasteiger partial charge on any atom is 0.125 e. The molecule has 1 rings (SSSR count). The summed E-state index contributed by atoms with van der Waals surface area (Å²) in [6.45, 7) is 0. The molecule has 0 N–H and O–H groups in total. The Balaban J connectivity index is 3.39. The molecular formula is C7H3FINS. The Morgan fingerprint density at radius 3 is 2.73 bits per heavy atom. The molecule has 0 atom stereocenters. The average Bonchev–Trinajstić information content (AvgIpc) is 1.96. The van der Waals surface area contributed by atoms with Crippen LogP contribution in [0.5, 0.6) is 0 Å². The fraction of sp³-hybridized carbons (Fsp3) is 0. The number of thiol groups is 1. The molecule has 0 radical (unpaired) electrons. The zero-order chi connectivity index (χ0) is 8.43. The van der Waals surface area contributed by atoms with Crippen LogP contribution in [0.1, 0.15) is 5.56 Å². The van der Waals surface area contributed by atoms with Crippen LogP contribution in [0.25, 0.3) is 0 Å². The molecule has 1 aromatic carbocycles. The van der Waals surface area contributed by atoms with Crippen molar-refractivity contribution in [1.29, 1.82) is 5.26 Å². The minimum Gasteiger partial charge on any atom is -0.207 e. The first kappa shape index (κ1) is 8.81. The molecule has 4 heteroatoms. The van der Waals surface area contributed by atoms with E-state index in [2.05, 4.69) is 12.6 Å². The summed E-state index contributed by atoms with van der Waals surface area (Å²) in [4.78, 5) is 0.502. The smallest absolute Gasteiger partial charge is 0.125 e. The molecule has 0 bridgehead atoms. The van der Waals surface area contributed by atoms with Crippen LogP contribution < -0.4 is 0 Å². The SMILES string of the molecule is N#Cc1cc(F)cc(S)c1I. The average molecular weight is 279 g/mol. The summed E-state index contributed by atoms with van der Waals surface area (Å²) >= 11 is 5.95. The van der Waals surface area contributed by atoms with Crippen LogP contribution in [0.2, 0.25) is 0 Å². The number of nitrogens with zero attached hydrogens (tertiary/aromatic N) is 1. The molecule has 1 nitrogen and oxygen atoms in total. The van der Waals surface area contributed by atoms with Gasteiger partial charge in [-0.1, -0.05) is 0 Å². The Hall–Kier alpha value is -0.280. The van der Waals surface area contributed by atoms with Crippen molar-refractivity contribution < 1.29 is 4.39 Å².